The molecule has 3 aromatic rings. The van der Waals surface area contributed by atoms with Gasteiger partial charge >= 0.3 is 0 Å². The predicted octanol–water partition coefficient (Wildman–Crippen LogP) is 3.52. The Hall–Kier alpha value is -2.50. The van der Waals surface area contributed by atoms with Crippen molar-refractivity contribution in [2.45, 2.75) is 19.5 Å². The molecule has 0 amide bonds. The lowest BCUT2D eigenvalue weighted by Gasteiger charge is -2.17. The summed E-state index contributed by atoms with van der Waals surface area (Å²) >= 11 is 0. The van der Waals surface area contributed by atoms with Crippen LogP contribution in [0.15, 0.2) is 48.7 Å². The molecule has 0 spiro atoms. The summed E-state index contributed by atoms with van der Waals surface area (Å²) in [5.41, 5.74) is 5.44. The molecule has 0 bridgehead atoms. The van der Waals surface area contributed by atoms with Gasteiger partial charge in [0, 0.05) is 24.1 Å². The number of pyridine rings is 1. The van der Waals surface area contributed by atoms with Crippen LogP contribution in [-0.4, -0.2) is 16.3 Å². The highest BCUT2D eigenvalue weighted by atomic mass is 35.5. The van der Waals surface area contributed by atoms with Gasteiger partial charge in [-0.05, 0) is 42.8 Å². The molecule has 1 N–H and O–H groups in total. The van der Waals surface area contributed by atoms with Crippen LogP contribution in [0, 0.1) is 6.92 Å². The van der Waals surface area contributed by atoms with Crippen LogP contribution < -0.4 is 14.8 Å². The van der Waals surface area contributed by atoms with E-state index in [1.807, 2.05) is 19.1 Å². The molecule has 6 heteroatoms. The molecule has 1 aromatic carbocycles. The van der Waals surface area contributed by atoms with Gasteiger partial charge in [0.2, 0.25) is 6.79 Å². The molecule has 2 aromatic heterocycles. The molecule has 1 atom stereocenters. The average molecular weight is 356 g/mol. The van der Waals surface area contributed by atoms with Crippen LogP contribution in [0.5, 0.6) is 11.5 Å². The first-order valence-electron chi connectivity index (χ1n) is 8.07. The molecular formula is C19H18ClN3O2. The van der Waals surface area contributed by atoms with Crippen molar-refractivity contribution in [1.82, 2.24) is 14.9 Å². The van der Waals surface area contributed by atoms with Gasteiger partial charge in [0.15, 0.2) is 11.5 Å². The van der Waals surface area contributed by atoms with Gasteiger partial charge in [-0.25, -0.2) is 0 Å². The van der Waals surface area contributed by atoms with E-state index in [2.05, 4.69) is 46.4 Å². The van der Waals surface area contributed by atoms with Crippen molar-refractivity contribution in [3.05, 3.63) is 71.3 Å². The highest BCUT2D eigenvalue weighted by Crippen LogP contribution is 2.42. The van der Waals surface area contributed by atoms with Crippen molar-refractivity contribution in [3.8, 4) is 17.2 Å². The van der Waals surface area contributed by atoms with E-state index in [9.17, 15) is 0 Å². The van der Waals surface area contributed by atoms with Crippen LogP contribution in [0.1, 0.15) is 28.7 Å². The van der Waals surface area contributed by atoms with E-state index < -0.39 is 0 Å². The van der Waals surface area contributed by atoms with E-state index in [0.29, 0.717) is 0 Å². The van der Waals surface area contributed by atoms with Gasteiger partial charge < -0.3 is 14.0 Å². The molecule has 0 aliphatic carbocycles. The largest absolute Gasteiger partial charge is 0.454 e. The number of nitrogens with zero attached hydrogens (tertiary/aromatic N) is 2. The van der Waals surface area contributed by atoms with Crippen molar-refractivity contribution >= 4 is 12.4 Å². The summed E-state index contributed by atoms with van der Waals surface area (Å²) in [7, 11) is 0. The predicted molar refractivity (Wildman–Crippen MR) is 96.8 cm³/mol. The van der Waals surface area contributed by atoms with Gasteiger partial charge in [0.25, 0.3) is 0 Å². The Balaban J connectivity index is 0.00000157. The second-order valence-electron chi connectivity index (χ2n) is 6.13. The van der Waals surface area contributed by atoms with E-state index >= 15 is 0 Å². The molecule has 0 saturated carbocycles. The summed E-state index contributed by atoms with van der Waals surface area (Å²) < 4.78 is 13.5. The van der Waals surface area contributed by atoms with Crippen molar-refractivity contribution in [2.75, 3.05) is 6.79 Å². The summed E-state index contributed by atoms with van der Waals surface area (Å²) in [6.07, 6.45) is 2.08. The Morgan fingerprint density at radius 2 is 2.04 bits per heavy atom. The monoisotopic (exact) mass is 355 g/mol. The van der Waals surface area contributed by atoms with E-state index in [1.165, 1.54) is 5.56 Å². The summed E-state index contributed by atoms with van der Waals surface area (Å²) in [5, 5.41) is 3.64. The molecule has 0 radical (unpaired) electrons. The topological polar surface area (TPSA) is 48.3 Å². The van der Waals surface area contributed by atoms with E-state index in [-0.39, 0.29) is 25.2 Å². The zero-order valence-electron chi connectivity index (χ0n) is 13.7. The van der Waals surface area contributed by atoms with Gasteiger partial charge in [-0.3, -0.25) is 10.3 Å². The van der Waals surface area contributed by atoms with Crippen LogP contribution in [-0.2, 0) is 6.54 Å². The minimum atomic E-state index is 0. The third-order valence-electron chi connectivity index (χ3n) is 4.62. The van der Waals surface area contributed by atoms with Gasteiger partial charge in [-0.15, -0.1) is 12.4 Å². The molecule has 4 heterocycles. The Labute approximate surface area is 152 Å². The molecule has 2 aliphatic heterocycles. The van der Waals surface area contributed by atoms with Crippen LogP contribution in [0.3, 0.4) is 0 Å². The molecule has 128 valence electrons. The maximum Gasteiger partial charge on any atom is 0.231 e. The van der Waals surface area contributed by atoms with Gasteiger partial charge in [-0.2, -0.15) is 0 Å². The highest BCUT2D eigenvalue weighted by Gasteiger charge is 2.29. The lowest BCUT2D eigenvalue weighted by molar-refractivity contribution is 0.173. The summed E-state index contributed by atoms with van der Waals surface area (Å²) in [6, 6.07) is 14.5. The Morgan fingerprint density at radius 3 is 2.92 bits per heavy atom. The van der Waals surface area contributed by atoms with Crippen LogP contribution in [0.2, 0.25) is 0 Å². The van der Waals surface area contributed by atoms with E-state index in [4.69, 9.17) is 14.5 Å². The number of aryl methyl sites for hydroxylation is 1. The minimum Gasteiger partial charge on any atom is -0.454 e. The summed E-state index contributed by atoms with van der Waals surface area (Å²) in [6.45, 7) is 3.04. The number of hydrogen-bond acceptors (Lipinski definition) is 4. The first kappa shape index (κ1) is 16.0. The fourth-order valence-electron chi connectivity index (χ4n) is 3.54. The van der Waals surface area contributed by atoms with Crippen molar-refractivity contribution in [2.24, 2.45) is 0 Å². The number of aromatic nitrogens is 2. The third-order valence-corrected chi connectivity index (χ3v) is 4.62. The first-order valence-corrected chi connectivity index (χ1v) is 8.07. The van der Waals surface area contributed by atoms with Crippen molar-refractivity contribution in [3.63, 3.8) is 0 Å². The second kappa shape index (κ2) is 6.10. The Kier molecular flexibility index (Phi) is 3.90. The normalized spacial score (nSPS) is 17.2. The standard InChI is InChI=1S/C19H17N3O2.ClH/c1-12-4-2-5-14(21-12)17-15-6-3-9-22(15)18-13(10-20-17)7-8-16-19(18)24-11-23-16;/h2-9,17,20H,10-11H2,1H3;1H. The average Bonchev–Trinajstić information content (AvgIpc) is 3.22. The molecule has 2 aliphatic rings. The number of rotatable bonds is 1. The molecular weight excluding hydrogens is 338 g/mol. The van der Waals surface area contributed by atoms with Crippen LogP contribution in [0.25, 0.3) is 5.69 Å². The second-order valence-corrected chi connectivity index (χ2v) is 6.13. The first-order chi connectivity index (χ1) is 11.8. The number of benzene rings is 1. The lowest BCUT2D eigenvalue weighted by Crippen LogP contribution is -2.22. The Bertz CT molecular complexity index is 938. The molecule has 0 saturated heterocycles. The minimum absolute atomic E-state index is 0. The molecule has 1 unspecified atom stereocenters. The Morgan fingerprint density at radius 1 is 1.12 bits per heavy atom. The molecule has 0 fully saturated rings. The van der Waals surface area contributed by atoms with Crippen molar-refractivity contribution < 1.29 is 9.47 Å². The van der Waals surface area contributed by atoms with E-state index in [1.54, 1.807) is 0 Å². The maximum atomic E-state index is 5.75. The highest BCUT2D eigenvalue weighted by molar-refractivity contribution is 5.85. The fraction of sp³-hybridized carbons (Fsp3) is 0.211. The lowest BCUT2D eigenvalue weighted by atomic mass is 10.1. The van der Waals surface area contributed by atoms with Gasteiger partial charge in [-0.1, -0.05) is 12.1 Å². The van der Waals surface area contributed by atoms with Crippen molar-refractivity contribution in [1.29, 1.82) is 0 Å². The smallest absolute Gasteiger partial charge is 0.231 e. The fourth-order valence-corrected chi connectivity index (χ4v) is 3.54. The maximum absolute atomic E-state index is 5.75. The SMILES string of the molecule is Cc1cccc(C2NCc3ccc4c(c3-n3cccc32)OCO4)n1.Cl. The van der Waals surface area contributed by atoms with Gasteiger partial charge in [0.1, 0.15) is 0 Å². The number of hydrogen-bond donors (Lipinski definition) is 1. The number of ether oxygens (including phenoxy) is 2. The zero-order chi connectivity index (χ0) is 16.1. The zero-order valence-corrected chi connectivity index (χ0v) is 14.5. The third kappa shape index (κ3) is 2.47. The quantitative estimate of drug-likeness (QED) is 0.725. The van der Waals surface area contributed by atoms with Crippen LogP contribution >= 0.6 is 12.4 Å². The number of nitrogens with one attached hydrogen (secondary N) is 1. The van der Waals surface area contributed by atoms with Crippen LogP contribution in [0.4, 0.5) is 0 Å². The summed E-state index contributed by atoms with van der Waals surface area (Å²) in [5.74, 6) is 1.63. The molecule has 25 heavy (non-hydrogen) atoms. The van der Waals surface area contributed by atoms with Gasteiger partial charge in [0.05, 0.1) is 17.4 Å². The molecule has 5 rings (SSSR count). The number of fused-ring (bicyclic) bond motifs is 5. The summed E-state index contributed by atoms with van der Waals surface area (Å²) in [4.78, 5) is 4.72. The number of halogens is 1. The van der Waals surface area contributed by atoms with E-state index in [0.717, 1.165) is 40.8 Å². The molecule has 5 nitrogen and oxygen atoms in total.